The number of unbranched alkanes of at least 4 members (excludes halogenated alkanes) is 13. The topological polar surface area (TPSA) is 6.48 Å². The quantitative estimate of drug-likeness (QED) is 0.236. The van der Waals surface area contributed by atoms with Crippen molar-refractivity contribution in [3.63, 3.8) is 0 Å². The van der Waals surface area contributed by atoms with E-state index in [1.807, 2.05) is 0 Å². The molecule has 0 N–H and O–H groups in total. The fourth-order valence-corrected chi connectivity index (χ4v) is 3.06. The van der Waals surface area contributed by atoms with Crippen molar-refractivity contribution in [2.24, 2.45) is 0 Å². The second kappa shape index (κ2) is 19.8. The molecule has 25 heavy (non-hydrogen) atoms. The molecule has 0 aromatic carbocycles. The van der Waals surface area contributed by atoms with Crippen LogP contribution in [0.3, 0.4) is 0 Å². The average molecular weight is 351 g/mol. The highest BCUT2D eigenvalue weighted by molar-refractivity contribution is 5.02. The summed E-state index contributed by atoms with van der Waals surface area (Å²) >= 11 is 0. The lowest BCUT2D eigenvalue weighted by Crippen LogP contribution is -2.20. The fraction of sp³-hybridized carbons (Fsp3) is 0.913. The molecule has 0 aliphatic carbocycles. The van der Waals surface area contributed by atoms with Crippen molar-refractivity contribution in [1.82, 2.24) is 9.80 Å². The molecular formula is C23H46N2. The smallest absolute Gasteiger partial charge is 0.0599 e. The molecule has 0 aromatic rings. The zero-order valence-electron chi connectivity index (χ0n) is 17.9. The van der Waals surface area contributed by atoms with Gasteiger partial charge in [0.1, 0.15) is 0 Å². The van der Waals surface area contributed by atoms with E-state index in [2.05, 4.69) is 49.7 Å². The van der Waals surface area contributed by atoms with Crippen molar-refractivity contribution < 1.29 is 0 Å². The van der Waals surface area contributed by atoms with Crippen LogP contribution in [-0.2, 0) is 0 Å². The lowest BCUT2D eigenvalue weighted by molar-refractivity contribution is 0.360. The van der Waals surface area contributed by atoms with Crippen molar-refractivity contribution in [3.05, 3.63) is 0 Å². The molecule has 2 nitrogen and oxygen atoms in total. The van der Waals surface area contributed by atoms with Gasteiger partial charge in [0.05, 0.1) is 13.1 Å². The predicted molar refractivity (Wildman–Crippen MR) is 114 cm³/mol. The van der Waals surface area contributed by atoms with Gasteiger partial charge < -0.3 is 0 Å². The summed E-state index contributed by atoms with van der Waals surface area (Å²) in [5, 5.41) is 0. The highest BCUT2D eigenvalue weighted by Crippen LogP contribution is 2.12. The molecule has 0 heterocycles. The van der Waals surface area contributed by atoms with Crippen LogP contribution in [0.4, 0.5) is 0 Å². The summed E-state index contributed by atoms with van der Waals surface area (Å²) in [5.74, 6) is 6.45. The largest absolute Gasteiger partial charge is 0.299 e. The molecule has 0 saturated heterocycles. The van der Waals surface area contributed by atoms with Crippen LogP contribution in [0.2, 0.25) is 0 Å². The first kappa shape index (κ1) is 24.5. The average Bonchev–Trinajstić information content (AvgIpc) is 2.59. The maximum atomic E-state index is 3.25. The van der Waals surface area contributed by atoms with Crippen LogP contribution in [0.5, 0.6) is 0 Å². The van der Waals surface area contributed by atoms with Crippen LogP contribution in [0.1, 0.15) is 96.8 Å². The Morgan fingerprint density at radius 2 is 0.920 bits per heavy atom. The highest BCUT2D eigenvalue weighted by Gasteiger charge is 1.97. The van der Waals surface area contributed by atoms with E-state index in [1.165, 1.54) is 96.4 Å². The minimum Gasteiger partial charge on any atom is -0.299 e. The standard InChI is InChI=1S/C23H46N2/c1-5-6-7-8-9-10-11-12-13-14-15-16-17-18-22-25(4)23-20-19-21-24(2)3/h5-18,21-23H2,1-4H3. The Hall–Kier alpha value is -0.520. The van der Waals surface area contributed by atoms with Gasteiger partial charge in [0.2, 0.25) is 0 Å². The van der Waals surface area contributed by atoms with Crippen molar-refractivity contribution in [2.45, 2.75) is 96.8 Å². The molecular weight excluding hydrogens is 304 g/mol. The molecule has 0 fully saturated rings. The van der Waals surface area contributed by atoms with Crippen LogP contribution in [0.25, 0.3) is 0 Å². The summed E-state index contributed by atoms with van der Waals surface area (Å²) in [5.41, 5.74) is 0. The normalized spacial score (nSPS) is 11.1. The van der Waals surface area contributed by atoms with Gasteiger partial charge in [-0.2, -0.15) is 0 Å². The highest BCUT2D eigenvalue weighted by atomic mass is 15.1. The van der Waals surface area contributed by atoms with Crippen molar-refractivity contribution in [3.8, 4) is 11.8 Å². The van der Waals surface area contributed by atoms with Gasteiger partial charge in [-0.15, -0.1) is 0 Å². The second-order valence-corrected chi connectivity index (χ2v) is 7.93. The third-order valence-corrected chi connectivity index (χ3v) is 4.76. The van der Waals surface area contributed by atoms with Crippen LogP contribution < -0.4 is 0 Å². The van der Waals surface area contributed by atoms with Crippen LogP contribution >= 0.6 is 0 Å². The van der Waals surface area contributed by atoms with Crippen LogP contribution in [0.15, 0.2) is 0 Å². The van der Waals surface area contributed by atoms with Gasteiger partial charge >= 0.3 is 0 Å². The molecule has 0 saturated carbocycles. The Bertz CT molecular complexity index is 314. The van der Waals surface area contributed by atoms with Gasteiger partial charge in [-0.25, -0.2) is 0 Å². The van der Waals surface area contributed by atoms with E-state index < -0.39 is 0 Å². The molecule has 0 aromatic heterocycles. The van der Waals surface area contributed by atoms with E-state index in [4.69, 9.17) is 0 Å². The van der Waals surface area contributed by atoms with Gasteiger partial charge in [0, 0.05) is 0 Å². The third-order valence-electron chi connectivity index (χ3n) is 4.76. The minimum atomic E-state index is 0.868. The number of nitrogens with zero attached hydrogens (tertiary/aromatic N) is 2. The van der Waals surface area contributed by atoms with E-state index in [0.717, 1.165) is 13.1 Å². The lowest BCUT2D eigenvalue weighted by atomic mass is 10.0. The van der Waals surface area contributed by atoms with E-state index in [0.29, 0.717) is 0 Å². The summed E-state index contributed by atoms with van der Waals surface area (Å²) in [6, 6.07) is 0. The zero-order valence-corrected chi connectivity index (χ0v) is 17.9. The number of hydrogen-bond acceptors (Lipinski definition) is 2. The molecule has 0 aliphatic heterocycles. The lowest BCUT2D eigenvalue weighted by Gasteiger charge is -2.12. The Kier molecular flexibility index (Phi) is 19.4. The second-order valence-electron chi connectivity index (χ2n) is 7.93. The molecule has 0 unspecified atom stereocenters. The van der Waals surface area contributed by atoms with Crippen LogP contribution in [0, 0.1) is 11.8 Å². The summed E-state index contributed by atoms with van der Waals surface area (Å²) in [4.78, 5) is 4.46. The third kappa shape index (κ3) is 21.4. The fourth-order valence-electron chi connectivity index (χ4n) is 3.06. The molecule has 0 spiro atoms. The summed E-state index contributed by atoms with van der Waals surface area (Å²) in [7, 11) is 6.31. The first-order valence-corrected chi connectivity index (χ1v) is 11.0. The van der Waals surface area contributed by atoms with E-state index in [-0.39, 0.29) is 0 Å². The Morgan fingerprint density at radius 1 is 0.520 bits per heavy atom. The molecule has 0 bridgehead atoms. The van der Waals surface area contributed by atoms with E-state index in [9.17, 15) is 0 Å². The van der Waals surface area contributed by atoms with Crippen molar-refractivity contribution in [2.75, 3.05) is 40.8 Å². The monoisotopic (exact) mass is 350 g/mol. The molecule has 0 amide bonds. The SMILES string of the molecule is CCCCCCCCCCCCCCCCN(C)CC#CCN(C)C. The predicted octanol–water partition coefficient (Wildman–Crippen LogP) is 5.96. The van der Waals surface area contributed by atoms with Gasteiger partial charge in [0.25, 0.3) is 0 Å². The summed E-state index contributed by atoms with van der Waals surface area (Å²) in [6.07, 6.45) is 20.0. The van der Waals surface area contributed by atoms with Crippen LogP contribution in [-0.4, -0.2) is 50.6 Å². The van der Waals surface area contributed by atoms with Crippen molar-refractivity contribution in [1.29, 1.82) is 0 Å². The van der Waals surface area contributed by atoms with Gasteiger partial charge in [-0.3, -0.25) is 9.80 Å². The molecule has 0 atom stereocenters. The van der Waals surface area contributed by atoms with Gasteiger partial charge in [-0.1, -0.05) is 102 Å². The maximum Gasteiger partial charge on any atom is 0.0599 e. The molecule has 148 valence electrons. The number of hydrogen-bond donors (Lipinski definition) is 0. The summed E-state index contributed by atoms with van der Waals surface area (Å²) in [6.45, 7) is 5.26. The molecule has 2 heteroatoms. The zero-order chi connectivity index (χ0) is 18.6. The molecule has 0 aliphatic rings. The Balaban J connectivity index is 3.19. The van der Waals surface area contributed by atoms with E-state index >= 15 is 0 Å². The summed E-state index contributed by atoms with van der Waals surface area (Å²) < 4.78 is 0. The molecule has 0 radical (unpaired) electrons. The molecule has 0 rings (SSSR count). The first-order valence-electron chi connectivity index (χ1n) is 11.0. The maximum absolute atomic E-state index is 3.25. The minimum absolute atomic E-state index is 0.868. The van der Waals surface area contributed by atoms with Crippen molar-refractivity contribution >= 4 is 0 Å². The Labute approximate surface area is 159 Å². The Morgan fingerprint density at radius 3 is 1.36 bits per heavy atom. The van der Waals surface area contributed by atoms with Gasteiger partial charge in [0.15, 0.2) is 0 Å². The van der Waals surface area contributed by atoms with E-state index in [1.54, 1.807) is 0 Å². The first-order chi connectivity index (χ1) is 12.2. The van der Waals surface area contributed by atoms with Gasteiger partial charge in [-0.05, 0) is 34.1 Å². The number of rotatable bonds is 17.